The molecule has 1 aromatic heterocycles. The van der Waals surface area contributed by atoms with E-state index in [9.17, 15) is 13.2 Å². The minimum atomic E-state index is -3.72. The van der Waals surface area contributed by atoms with Crippen molar-refractivity contribution >= 4 is 48.3 Å². The first-order valence-electron chi connectivity index (χ1n) is 12.3. The molecule has 0 radical (unpaired) electrons. The molecule has 9 heteroatoms. The number of sulfonamides is 1. The molecule has 0 unspecified atom stereocenters. The van der Waals surface area contributed by atoms with Crippen molar-refractivity contribution in [3.8, 4) is 0 Å². The first kappa shape index (κ1) is 25.2. The van der Waals surface area contributed by atoms with E-state index in [-0.39, 0.29) is 10.8 Å². The zero-order valence-corrected chi connectivity index (χ0v) is 22.8. The van der Waals surface area contributed by atoms with Crippen LogP contribution in [0.25, 0.3) is 10.2 Å². The van der Waals surface area contributed by atoms with Gasteiger partial charge in [0.05, 0.1) is 20.8 Å². The summed E-state index contributed by atoms with van der Waals surface area (Å²) >= 11 is 1.70. The van der Waals surface area contributed by atoms with Gasteiger partial charge in [-0.3, -0.25) is 9.10 Å². The zero-order valence-electron chi connectivity index (χ0n) is 21.2. The number of para-hydroxylation sites is 2. The third-order valence-corrected chi connectivity index (χ3v) is 9.66. The fourth-order valence-corrected chi connectivity index (χ4v) is 6.79. The fraction of sp³-hybridized carbons (Fsp3) is 0.286. The van der Waals surface area contributed by atoms with Crippen LogP contribution >= 0.6 is 11.3 Å². The number of fused-ring (bicyclic) bond motifs is 1. The molecule has 0 N–H and O–H groups in total. The topological polar surface area (TPSA) is 73.8 Å². The summed E-state index contributed by atoms with van der Waals surface area (Å²) in [5.41, 5.74) is 3.39. The number of benzene rings is 3. The Labute approximate surface area is 222 Å². The molecule has 0 spiro atoms. The van der Waals surface area contributed by atoms with Gasteiger partial charge in [-0.15, -0.1) is 0 Å². The normalized spacial score (nSPS) is 14.4. The summed E-state index contributed by atoms with van der Waals surface area (Å²) in [7, 11) is -2.20. The summed E-state index contributed by atoms with van der Waals surface area (Å²) in [6.07, 6.45) is 0. The van der Waals surface area contributed by atoms with E-state index in [1.165, 1.54) is 33.7 Å². The predicted molar refractivity (Wildman–Crippen MR) is 150 cm³/mol. The molecule has 1 amide bonds. The van der Waals surface area contributed by atoms with Crippen LogP contribution < -0.4 is 9.21 Å². The van der Waals surface area contributed by atoms with Gasteiger partial charge < -0.3 is 9.80 Å². The number of hydrogen-bond acceptors (Lipinski definition) is 6. The van der Waals surface area contributed by atoms with Crippen LogP contribution in [0.1, 0.15) is 35.7 Å². The lowest BCUT2D eigenvalue weighted by atomic mass is 10.0. The van der Waals surface area contributed by atoms with E-state index in [4.69, 9.17) is 4.98 Å². The molecule has 1 aliphatic rings. The molecule has 3 aromatic carbocycles. The van der Waals surface area contributed by atoms with Crippen LogP contribution in [0.15, 0.2) is 77.7 Å². The Morgan fingerprint density at radius 3 is 2.24 bits per heavy atom. The number of carbonyl (C=O) groups is 1. The Kier molecular flexibility index (Phi) is 6.92. The lowest BCUT2D eigenvalue weighted by Crippen LogP contribution is -2.48. The number of piperazine rings is 1. The van der Waals surface area contributed by atoms with Crippen molar-refractivity contribution in [1.82, 2.24) is 9.88 Å². The first-order chi connectivity index (χ1) is 17.8. The van der Waals surface area contributed by atoms with Gasteiger partial charge in [0.1, 0.15) is 0 Å². The van der Waals surface area contributed by atoms with Crippen LogP contribution in [0.3, 0.4) is 0 Å². The number of aromatic nitrogens is 1. The van der Waals surface area contributed by atoms with Crippen LogP contribution in [-0.2, 0) is 10.0 Å². The molecule has 1 saturated heterocycles. The van der Waals surface area contributed by atoms with Gasteiger partial charge in [-0.1, -0.05) is 55.5 Å². The number of thiazole rings is 1. The summed E-state index contributed by atoms with van der Waals surface area (Å²) in [5.74, 6) is 0.319. The Hall–Kier alpha value is -3.43. The highest BCUT2D eigenvalue weighted by Crippen LogP contribution is 2.34. The average molecular weight is 535 g/mol. The van der Waals surface area contributed by atoms with Crippen molar-refractivity contribution in [2.75, 3.05) is 42.4 Å². The quantitative estimate of drug-likeness (QED) is 0.340. The summed E-state index contributed by atoms with van der Waals surface area (Å²) in [4.78, 5) is 22.3. The Morgan fingerprint density at radius 1 is 0.919 bits per heavy atom. The molecule has 0 saturated carbocycles. The summed E-state index contributed by atoms with van der Waals surface area (Å²) in [6, 6.07) is 21.5. The number of anilines is 2. The van der Waals surface area contributed by atoms with Crippen molar-refractivity contribution in [3.05, 3.63) is 83.9 Å². The molecule has 1 fully saturated rings. The number of nitrogens with zero attached hydrogens (tertiary/aromatic N) is 4. The molecular weight excluding hydrogens is 504 g/mol. The molecule has 1 aliphatic heterocycles. The highest BCUT2D eigenvalue weighted by molar-refractivity contribution is 7.92. The smallest absolute Gasteiger partial charge is 0.264 e. The van der Waals surface area contributed by atoms with Crippen molar-refractivity contribution in [1.29, 1.82) is 0 Å². The molecule has 192 valence electrons. The van der Waals surface area contributed by atoms with Crippen LogP contribution in [0.4, 0.5) is 10.8 Å². The van der Waals surface area contributed by atoms with Crippen LogP contribution in [-0.4, -0.2) is 57.4 Å². The number of amides is 1. The minimum Gasteiger partial charge on any atom is -0.345 e. The third kappa shape index (κ3) is 4.93. The monoisotopic (exact) mass is 534 g/mol. The summed E-state index contributed by atoms with van der Waals surface area (Å²) in [6.45, 7) is 6.95. The van der Waals surface area contributed by atoms with E-state index in [0.29, 0.717) is 43.3 Å². The second-order valence-electron chi connectivity index (χ2n) is 9.46. The SMILES string of the molecule is CC(C)c1cccc2sc(N3CCN(C(=O)c4ccc(S(=O)(=O)N(C)c5ccccc5)cc4)CC3)nc12. The van der Waals surface area contributed by atoms with E-state index in [1.807, 2.05) is 11.0 Å². The predicted octanol–water partition coefficient (Wildman–Crippen LogP) is 5.21. The van der Waals surface area contributed by atoms with E-state index < -0.39 is 10.0 Å². The van der Waals surface area contributed by atoms with Gasteiger partial charge in [0.25, 0.3) is 15.9 Å². The molecule has 5 rings (SSSR count). The largest absolute Gasteiger partial charge is 0.345 e. The van der Waals surface area contributed by atoms with Crippen molar-refractivity contribution in [2.24, 2.45) is 0 Å². The van der Waals surface area contributed by atoms with E-state index in [2.05, 4.69) is 36.9 Å². The van der Waals surface area contributed by atoms with Crippen LogP contribution in [0.5, 0.6) is 0 Å². The van der Waals surface area contributed by atoms with Crippen LogP contribution in [0.2, 0.25) is 0 Å². The molecule has 37 heavy (non-hydrogen) atoms. The molecule has 0 atom stereocenters. The maximum atomic E-state index is 13.2. The average Bonchev–Trinajstić information content (AvgIpc) is 3.37. The molecule has 0 aliphatic carbocycles. The molecule has 4 aromatic rings. The Balaban J connectivity index is 1.25. The van der Waals surface area contributed by atoms with Crippen molar-refractivity contribution in [3.63, 3.8) is 0 Å². The fourth-order valence-electron chi connectivity index (χ4n) is 4.55. The lowest BCUT2D eigenvalue weighted by molar-refractivity contribution is 0.0746. The highest BCUT2D eigenvalue weighted by atomic mass is 32.2. The Morgan fingerprint density at radius 2 is 1.59 bits per heavy atom. The Bertz CT molecular complexity index is 1510. The van der Waals surface area contributed by atoms with Crippen molar-refractivity contribution in [2.45, 2.75) is 24.7 Å². The van der Waals surface area contributed by atoms with Crippen LogP contribution in [0, 0.1) is 0 Å². The van der Waals surface area contributed by atoms with E-state index in [0.717, 1.165) is 10.6 Å². The highest BCUT2D eigenvalue weighted by Gasteiger charge is 2.26. The maximum Gasteiger partial charge on any atom is 0.264 e. The van der Waals surface area contributed by atoms with Crippen molar-refractivity contribution < 1.29 is 13.2 Å². The van der Waals surface area contributed by atoms with E-state index in [1.54, 1.807) is 47.7 Å². The van der Waals surface area contributed by atoms with Gasteiger partial charge in [-0.25, -0.2) is 13.4 Å². The second kappa shape index (κ2) is 10.1. The number of hydrogen-bond donors (Lipinski definition) is 0. The zero-order chi connectivity index (χ0) is 26.2. The maximum absolute atomic E-state index is 13.2. The first-order valence-corrected chi connectivity index (χ1v) is 14.6. The summed E-state index contributed by atoms with van der Waals surface area (Å²) < 4.78 is 28.5. The van der Waals surface area contributed by atoms with Gasteiger partial charge in [0.2, 0.25) is 0 Å². The lowest BCUT2D eigenvalue weighted by Gasteiger charge is -2.34. The van der Waals surface area contributed by atoms with Gasteiger partial charge >= 0.3 is 0 Å². The van der Waals surface area contributed by atoms with Gasteiger partial charge in [-0.05, 0) is 53.9 Å². The third-order valence-electron chi connectivity index (χ3n) is 6.78. The number of rotatable bonds is 6. The van der Waals surface area contributed by atoms with E-state index >= 15 is 0 Å². The van der Waals surface area contributed by atoms with Gasteiger partial charge in [-0.2, -0.15) is 0 Å². The minimum absolute atomic E-state index is 0.0913. The van der Waals surface area contributed by atoms with Gasteiger partial charge in [0.15, 0.2) is 5.13 Å². The van der Waals surface area contributed by atoms with Gasteiger partial charge in [0, 0.05) is 38.8 Å². The standard InChI is InChI=1S/C28H30N4O3S2/c1-20(2)24-10-7-11-25-26(24)29-28(36-25)32-18-16-31(17-19-32)27(33)21-12-14-23(15-13-21)37(34,35)30(3)22-8-5-4-6-9-22/h4-15,20H,16-19H2,1-3H3. The second-order valence-corrected chi connectivity index (χ2v) is 12.4. The summed E-state index contributed by atoms with van der Waals surface area (Å²) in [5, 5.41) is 0.993. The molecule has 2 heterocycles. The molecule has 0 bridgehead atoms. The molecular formula is C28H30N4O3S2. The number of carbonyl (C=O) groups excluding carboxylic acids is 1. The molecule has 7 nitrogen and oxygen atoms in total.